The lowest BCUT2D eigenvalue weighted by atomic mass is 10.2. The highest BCUT2D eigenvalue weighted by Crippen LogP contribution is 2.35. The Morgan fingerprint density at radius 3 is 2.96 bits per heavy atom. The van der Waals surface area contributed by atoms with Crippen molar-refractivity contribution in [1.82, 2.24) is 30.1 Å². The summed E-state index contributed by atoms with van der Waals surface area (Å²) >= 11 is 6.71. The minimum absolute atomic E-state index is 0.717. The highest BCUT2D eigenvalue weighted by molar-refractivity contribution is 9.10. The van der Waals surface area contributed by atoms with Gasteiger partial charge in [-0.25, -0.2) is 9.67 Å². The Morgan fingerprint density at radius 2 is 2.19 bits per heavy atom. The molecule has 138 valence electrons. The van der Waals surface area contributed by atoms with Crippen LogP contribution in [0.25, 0.3) is 10.6 Å². The lowest BCUT2D eigenvalue weighted by Gasteiger charge is -2.09. The first-order valence-electron chi connectivity index (χ1n) is 7.89. The van der Waals surface area contributed by atoms with Crippen LogP contribution in [0.5, 0.6) is 5.75 Å². The number of thioether (sulfide) groups is 1. The zero-order valence-corrected chi connectivity index (χ0v) is 17.9. The largest absolute Gasteiger partial charge is 0.496 e. The van der Waals surface area contributed by atoms with Crippen molar-refractivity contribution in [3.63, 3.8) is 0 Å². The SMILES string of the molecule is COc1ccc(Br)cc1-c1nc(CSc2nnnn2CCN(C)C)cs1. The zero-order valence-electron chi connectivity index (χ0n) is 14.7. The number of hydrogen-bond donors (Lipinski definition) is 0. The van der Waals surface area contributed by atoms with E-state index in [1.54, 1.807) is 30.2 Å². The summed E-state index contributed by atoms with van der Waals surface area (Å²) in [6.07, 6.45) is 0. The normalized spacial score (nSPS) is 11.3. The van der Waals surface area contributed by atoms with Gasteiger partial charge in [0.1, 0.15) is 10.8 Å². The molecule has 0 saturated carbocycles. The molecule has 0 aliphatic heterocycles. The van der Waals surface area contributed by atoms with Gasteiger partial charge in [0, 0.05) is 22.2 Å². The summed E-state index contributed by atoms with van der Waals surface area (Å²) in [6.45, 7) is 1.65. The van der Waals surface area contributed by atoms with E-state index in [-0.39, 0.29) is 0 Å². The van der Waals surface area contributed by atoms with E-state index in [0.29, 0.717) is 0 Å². The monoisotopic (exact) mass is 454 g/mol. The Kier molecular flexibility index (Phi) is 6.63. The number of nitrogens with zero attached hydrogens (tertiary/aromatic N) is 6. The number of likely N-dealkylation sites (N-methyl/N-ethyl adjacent to an activating group) is 1. The number of thiazole rings is 1. The van der Waals surface area contributed by atoms with Crippen LogP contribution in [-0.2, 0) is 12.3 Å². The van der Waals surface area contributed by atoms with Gasteiger partial charge in [0.2, 0.25) is 5.16 Å². The van der Waals surface area contributed by atoms with Crippen molar-refractivity contribution in [3.05, 3.63) is 33.7 Å². The zero-order chi connectivity index (χ0) is 18.5. The van der Waals surface area contributed by atoms with Gasteiger partial charge >= 0.3 is 0 Å². The second-order valence-corrected chi connectivity index (χ2v) is 8.48. The molecule has 0 fully saturated rings. The van der Waals surface area contributed by atoms with E-state index >= 15 is 0 Å². The smallest absolute Gasteiger partial charge is 0.209 e. The standard InChI is InChI=1S/C16H19BrN6OS2/c1-22(2)6-7-23-16(19-20-21-23)26-10-12-9-25-15(18-12)13-8-11(17)4-5-14(13)24-3/h4-5,8-9H,6-7,10H2,1-3H3. The Balaban J connectivity index is 1.69. The highest BCUT2D eigenvalue weighted by atomic mass is 79.9. The van der Waals surface area contributed by atoms with Crippen LogP contribution in [0, 0.1) is 0 Å². The van der Waals surface area contributed by atoms with Gasteiger partial charge in [-0.15, -0.1) is 16.4 Å². The van der Waals surface area contributed by atoms with E-state index in [0.717, 1.165) is 50.5 Å². The first-order valence-corrected chi connectivity index (χ1v) is 10.5. The van der Waals surface area contributed by atoms with Gasteiger partial charge in [0.25, 0.3) is 0 Å². The van der Waals surface area contributed by atoms with E-state index in [4.69, 9.17) is 9.72 Å². The summed E-state index contributed by atoms with van der Waals surface area (Å²) < 4.78 is 8.28. The van der Waals surface area contributed by atoms with Crippen LogP contribution in [0.3, 0.4) is 0 Å². The van der Waals surface area contributed by atoms with Crippen LogP contribution < -0.4 is 4.74 Å². The summed E-state index contributed by atoms with van der Waals surface area (Å²) in [6, 6.07) is 5.92. The molecule has 0 bridgehead atoms. The Hall–Kier alpha value is -1.49. The van der Waals surface area contributed by atoms with Gasteiger partial charge in [-0.05, 0) is 42.7 Å². The minimum atomic E-state index is 0.717. The maximum Gasteiger partial charge on any atom is 0.209 e. The fourth-order valence-corrected chi connectivity index (χ4v) is 4.32. The third-order valence-electron chi connectivity index (χ3n) is 3.55. The molecule has 2 heterocycles. The van der Waals surface area contributed by atoms with Gasteiger partial charge in [0.05, 0.1) is 24.9 Å². The number of halogens is 1. The van der Waals surface area contributed by atoms with Gasteiger partial charge < -0.3 is 9.64 Å². The summed E-state index contributed by atoms with van der Waals surface area (Å²) in [5.41, 5.74) is 1.98. The van der Waals surface area contributed by atoms with Crippen molar-refractivity contribution in [2.45, 2.75) is 17.5 Å². The Labute approximate surface area is 168 Å². The van der Waals surface area contributed by atoms with E-state index < -0.39 is 0 Å². The lowest BCUT2D eigenvalue weighted by Crippen LogP contribution is -2.19. The molecule has 0 radical (unpaired) electrons. The van der Waals surface area contributed by atoms with E-state index in [2.05, 4.69) is 41.7 Å². The molecule has 3 aromatic rings. The minimum Gasteiger partial charge on any atom is -0.496 e. The number of hydrogen-bond acceptors (Lipinski definition) is 8. The average Bonchev–Trinajstić information content (AvgIpc) is 3.27. The van der Waals surface area contributed by atoms with Crippen molar-refractivity contribution in [3.8, 4) is 16.3 Å². The molecule has 3 rings (SSSR count). The van der Waals surface area contributed by atoms with Crippen LogP contribution in [-0.4, -0.2) is 57.8 Å². The summed E-state index contributed by atoms with van der Waals surface area (Å²) in [7, 11) is 5.74. The molecule has 2 aromatic heterocycles. The van der Waals surface area contributed by atoms with Crippen LogP contribution in [0.1, 0.15) is 5.69 Å². The molecular formula is C16H19BrN6OS2. The maximum atomic E-state index is 5.45. The van der Waals surface area contributed by atoms with Crippen LogP contribution in [0.2, 0.25) is 0 Å². The van der Waals surface area contributed by atoms with Crippen molar-refractivity contribution >= 4 is 39.0 Å². The number of methoxy groups -OCH3 is 1. The van der Waals surface area contributed by atoms with Crippen LogP contribution >= 0.6 is 39.0 Å². The number of benzene rings is 1. The quantitative estimate of drug-likeness (QED) is 0.482. The first-order chi connectivity index (χ1) is 12.6. The molecular weight excluding hydrogens is 436 g/mol. The molecule has 0 amide bonds. The molecule has 0 unspecified atom stereocenters. The molecule has 1 aromatic carbocycles. The molecule has 0 aliphatic carbocycles. The molecule has 0 N–H and O–H groups in total. The third kappa shape index (κ3) is 4.81. The molecule has 10 heteroatoms. The molecule has 0 aliphatic rings. The summed E-state index contributed by atoms with van der Waals surface area (Å²) in [5.74, 6) is 1.53. The number of rotatable bonds is 8. The van der Waals surface area contributed by atoms with E-state index in [9.17, 15) is 0 Å². The predicted molar refractivity (Wildman–Crippen MR) is 108 cm³/mol. The third-order valence-corrected chi connectivity index (χ3v) is 5.96. The second kappa shape index (κ2) is 8.94. The van der Waals surface area contributed by atoms with Gasteiger partial charge in [-0.2, -0.15) is 0 Å². The van der Waals surface area contributed by atoms with Crippen molar-refractivity contribution in [2.24, 2.45) is 0 Å². The molecule has 0 spiro atoms. The fraction of sp³-hybridized carbons (Fsp3) is 0.375. The summed E-state index contributed by atoms with van der Waals surface area (Å²) in [5, 5.41) is 15.8. The average molecular weight is 455 g/mol. The molecule has 0 saturated heterocycles. The molecule has 26 heavy (non-hydrogen) atoms. The second-order valence-electron chi connectivity index (χ2n) is 5.77. The fourth-order valence-electron chi connectivity index (χ4n) is 2.22. The Bertz CT molecular complexity index is 866. The summed E-state index contributed by atoms with van der Waals surface area (Å²) in [4.78, 5) is 6.85. The van der Waals surface area contributed by atoms with Gasteiger partial charge in [0.15, 0.2) is 0 Å². The number of aromatic nitrogens is 5. The highest BCUT2D eigenvalue weighted by Gasteiger charge is 2.13. The first kappa shape index (κ1) is 19.3. The Morgan fingerprint density at radius 1 is 1.35 bits per heavy atom. The van der Waals surface area contributed by atoms with Crippen molar-refractivity contribution < 1.29 is 4.74 Å². The van der Waals surface area contributed by atoms with E-state index in [1.165, 1.54) is 0 Å². The molecule has 0 atom stereocenters. The van der Waals surface area contributed by atoms with Crippen molar-refractivity contribution in [2.75, 3.05) is 27.7 Å². The van der Waals surface area contributed by atoms with E-state index in [1.807, 2.05) is 37.0 Å². The number of ether oxygens (including phenoxy) is 1. The van der Waals surface area contributed by atoms with Crippen molar-refractivity contribution in [1.29, 1.82) is 0 Å². The maximum absolute atomic E-state index is 5.45. The lowest BCUT2D eigenvalue weighted by molar-refractivity contribution is 0.361. The van der Waals surface area contributed by atoms with Crippen LogP contribution in [0.15, 0.2) is 33.2 Å². The van der Waals surface area contributed by atoms with Crippen LogP contribution in [0.4, 0.5) is 0 Å². The predicted octanol–water partition coefficient (Wildman–Crippen LogP) is 3.42. The number of tetrazole rings is 1. The van der Waals surface area contributed by atoms with Gasteiger partial charge in [-0.1, -0.05) is 27.7 Å². The van der Waals surface area contributed by atoms with Gasteiger partial charge in [-0.3, -0.25) is 0 Å². The topological polar surface area (TPSA) is 69.0 Å². The molecule has 7 nitrogen and oxygen atoms in total.